The summed E-state index contributed by atoms with van der Waals surface area (Å²) in [5.41, 5.74) is 0. The Hall–Kier alpha value is -1.47. The van der Waals surface area contributed by atoms with Gasteiger partial charge in [0.05, 0.1) is 6.54 Å². The van der Waals surface area contributed by atoms with E-state index in [9.17, 15) is 4.79 Å². The molecule has 2 aliphatic rings. The third kappa shape index (κ3) is 2.83. The number of ether oxygens (including phenoxy) is 1. The fourth-order valence-corrected chi connectivity index (χ4v) is 2.71. The van der Waals surface area contributed by atoms with Crippen LogP contribution in [0.4, 0.5) is 0 Å². The van der Waals surface area contributed by atoms with E-state index in [0.717, 1.165) is 32.5 Å². The number of amides is 1. The molecule has 1 N–H and O–H groups in total. The lowest BCUT2D eigenvalue weighted by Gasteiger charge is -2.22. The summed E-state index contributed by atoms with van der Waals surface area (Å²) < 4.78 is 10.6. The van der Waals surface area contributed by atoms with Crippen LogP contribution in [0.1, 0.15) is 43.4 Å². The lowest BCUT2D eigenvalue weighted by atomic mass is 10.1. The highest BCUT2D eigenvalue weighted by atomic mass is 16.5. The molecule has 0 aromatic carbocycles. The molecule has 0 aliphatic carbocycles. The molecule has 0 saturated carbocycles. The summed E-state index contributed by atoms with van der Waals surface area (Å²) in [6.07, 6.45) is 3.35. The number of aromatic nitrogens is 2. The molecule has 2 saturated heterocycles. The lowest BCUT2D eigenvalue weighted by molar-refractivity contribution is -0.127. The van der Waals surface area contributed by atoms with Gasteiger partial charge in [0.25, 0.3) is 0 Å². The van der Waals surface area contributed by atoms with E-state index >= 15 is 0 Å². The van der Waals surface area contributed by atoms with Crippen molar-refractivity contribution < 1.29 is 14.1 Å². The van der Waals surface area contributed by atoms with Crippen molar-refractivity contribution >= 4 is 5.91 Å². The Morgan fingerprint density at radius 1 is 1.35 bits per heavy atom. The van der Waals surface area contributed by atoms with Crippen LogP contribution in [0.3, 0.4) is 0 Å². The molecule has 7 nitrogen and oxygen atoms in total. The van der Waals surface area contributed by atoms with Crippen LogP contribution < -0.4 is 5.32 Å². The maximum Gasteiger partial charge on any atom is 0.249 e. The quantitative estimate of drug-likeness (QED) is 0.871. The van der Waals surface area contributed by atoms with Crippen LogP contribution in [-0.2, 0) is 16.1 Å². The predicted molar refractivity (Wildman–Crippen MR) is 69.7 cm³/mol. The third-order valence-corrected chi connectivity index (χ3v) is 4.03. The van der Waals surface area contributed by atoms with Crippen LogP contribution in [0.5, 0.6) is 0 Å². The van der Waals surface area contributed by atoms with Gasteiger partial charge in [-0.25, -0.2) is 0 Å². The van der Waals surface area contributed by atoms with E-state index in [4.69, 9.17) is 9.26 Å². The van der Waals surface area contributed by atoms with Crippen molar-refractivity contribution in [1.29, 1.82) is 0 Å². The number of carbonyl (C=O) groups excluding carboxylic acids is 1. The van der Waals surface area contributed by atoms with E-state index in [1.165, 1.54) is 0 Å². The minimum Gasteiger partial charge on any atom is -0.381 e. The highest BCUT2D eigenvalue weighted by Gasteiger charge is 2.33. The Balaban J connectivity index is 1.55. The molecule has 1 aromatic heterocycles. The van der Waals surface area contributed by atoms with Crippen molar-refractivity contribution in [2.45, 2.75) is 44.3 Å². The Morgan fingerprint density at radius 3 is 2.85 bits per heavy atom. The van der Waals surface area contributed by atoms with E-state index in [0.29, 0.717) is 30.7 Å². The van der Waals surface area contributed by atoms with Crippen molar-refractivity contribution in [2.75, 3.05) is 20.3 Å². The molecule has 0 bridgehead atoms. The van der Waals surface area contributed by atoms with Crippen LogP contribution in [0.2, 0.25) is 0 Å². The second-order valence-corrected chi connectivity index (χ2v) is 5.38. The summed E-state index contributed by atoms with van der Waals surface area (Å²) in [4.78, 5) is 17.6. The summed E-state index contributed by atoms with van der Waals surface area (Å²) in [7, 11) is 1.78. The standard InChI is InChI=1S/C13H20N4O3/c1-17-10(2-3-12(17)18)13-15-11(16-20-13)8-14-9-4-6-19-7-5-9/h9-10,14H,2-8H2,1H3/t10-/m0/s1. The number of nitrogens with zero attached hydrogens (tertiary/aromatic N) is 3. The van der Waals surface area contributed by atoms with Gasteiger partial charge in [0.2, 0.25) is 11.8 Å². The smallest absolute Gasteiger partial charge is 0.249 e. The van der Waals surface area contributed by atoms with Crippen LogP contribution >= 0.6 is 0 Å². The Labute approximate surface area is 117 Å². The second kappa shape index (κ2) is 5.88. The molecule has 1 amide bonds. The van der Waals surface area contributed by atoms with E-state index in [1.807, 2.05) is 0 Å². The van der Waals surface area contributed by atoms with Crippen LogP contribution in [0.25, 0.3) is 0 Å². The van der Waals surface area contributed by atoms with Crippen molar-refractivity contribution in [3.8, 4) is 0 Å². The van der Waals surface area contributed by atoms with Gasteiger partial charge in [0.15, 0.2) is 5.82 Å². The predicted octanol–water partition coefficient (Wildman–Crippen LogP) is 0.631. The van der Waals surface area contributed by atoms with Crippen LogP contribution in [-0.4, -0.2) is 47.3 Å². The van der Waals surface area contributed by atoms with E-state index in [2.05, 4.69) is 15.5 Å². The van der Waals surface area contributed by atoms with E-state index in [1.54, 1.807) is 11.9 Å². The van der Waals surface area contributed by atoms with Crippen molar-refractivity contribution in [1.82, 2.24) is 20.4 Å². The van der Waals surface area contributed by atoms with Crippen LogP contribution in [0.15, 0.2) is 4.52 Å². The molecule has 110 valence electrons. The molecule has 2 aliphatic heterocycles. The molecule has 3 rings (SSSR count). The normalized spacial score (nSPS) is 24.6. The Kier molecular flexibility index (Phi) is 3.98. The molecule has 3 heterocycles. The number of rotatable bonds is 4. The average molecular weight is 280 g/mol. The third-order valence-electron chi connectivity index (χ3n) is 4.03. The molecule has 20 heavy (non-hydrogen) atoms. The van der Waals surface area contributed by atoms with Gasteiger partial charge in [0.1, 0.15) is 6.04 Å². The molecular formula is C13H20N4O3. The van der Waals surface area contributed by atoms with Gasteiger partial charge in [-0.1, -0.05) is 5.16 Å². The first-order valence-electron chi connectivity index (χ1n) is 7.13. The average Bonchev–Trinajstić information content (AvgIpc) is 3.06. The molecule has 0 radical (unpaired) electrons. The minimum absolute atomic E-state index is 0.0631. The van der Waals surface area contributed by atoms with E-state index in [-0.39, 0.29) is 11.9 Å². The maximum atomic E-state index is 11.5. The molecule has 0 unspecified atom stereocenters. The number of hydrogen-bond acceptors (Lipinski definition) is 6. The number of carbonyl (C=O) groups is 1. The molecular weight excluding hydrogens is 260 g/mol. The zero-order valence-corrected chi connectivity index (χ0v) is 11.7. The molecule has 7 heteroatoms. The largest absolute Gasteiger partial charge is 0.381 e. The maximum absolute atomic E-state index is 11.5. The fourth-order valence-electron chi connectivity index (χ4n) is 2.71. The topological polar surface area (TPSA) is 80.5 Å². The van der Waals surface area contributed by atoms with E-state index < -0.39 is 0 Å². The summed E-state index contributed by atoms with van der Waals surface area (Å²) in [5.74, 6) is 1.33. The number of likely N-dealkylation sites (tertiary alicyclic amines) is 1. The summed E-state index contributed by atoms with van der Waals surface area (Å²) in [5, 5.41) is 7.40. The zero-order chi connectivity index (χ0) is 13.9. The van der Waals surface area contributed by atoms with Crippen molar-refractivity contribution in [3.05, 3.63) is 11.7 Å². The Morgan fingerprint density at radius 2 is 2.15 bits per heavy atom. The van der Waals surface area contributed by atoms with Gasteiger partial charge in [-0.2, -0.15) is 4.98 Å². The molecule has 2 fully saturated rings. The van der Waals surface area contributed by atoms with Gasteiger partial charge >= 0.3 is 0 Å². The van der Waals surface area contributed by atoms with Gasteiger partial charge in [0, 0.05) is 32.7 Å². The highest BCUT2D eigenvalue weighted by Crippen LogP contribution is 2.29. The zero-order valence-electron chi connectivity index (χ0n) is 11.7. The Bertz CT molecular complexity index is 470. The SMILES string of the molecule is CN1C(=O)CC[C@H]1c1nc(CNC2CCOCC2)no1. The van der Waals surface area contributed by atoms with Crippen molar-refractivity contribution in [3.63, 3.8) is 0 Å². The van der Waals surface area contributed by atoms with Gasteiger partial charge < -0.3 is 19.5 Å². The number of hydrogen-bond donors (Lipinski definition) is 1. The highest BCUT2D eigenvalue weighted by molar-refractivity contribution is 5.78. The molecule has 1 atom stereocenters. The first-order valence-corrected chi connectivity index (χ1v) is 7.13. The van der Waals surface area contributed by atoms with Crippen molar-refractivity contribution in [2.24, 2.45) is 0 Å². The number of nitrogens with one attached hydrogen (secondary N) is 1. The first-order chi connectivity index (χ1) is 9.74. The molecule has 0 spiro atoms. The first kappa shape index (κ1) is 13.5. The van der Waals surface area contributed by atoms with Gasteiger partial charge in [-0.15, -0.1) is 0 Å². The summed E-state index contributed by atoms with van der Waals surface area (Å²) in [6.45, 7) is 2.22. The molecule has 1 aromatic rings. The van der Waals surface area contributed by atoms with Gasteiger partial charge in [-0.3, -0.25) is 4.79 Å². The summed E-state index contributed by atoms with van der Waals surface area (Å²) in [6, 6.07) is 0.397. The lowest BCUT2D eigenvalue weighted by Crippen LogP contribution is -2.34. The minimum atomic E-state index is -0.0631. The monoisotopic (exact) mass is 280 g/mol. The summed E-state index contributed by atoms with van der Waals surface area (Å²) >= 11 is 0. The van der Waals surface area contributed by atoms with Gasteiger partial charge in [-0.05, 0) is 19.3 Å². The fraction of sp³-hybridized carbons (Fsp3) is 0.769. The second-order valence-electron chi connectivity index (χ2n) is 5.38. The van der Waals surface area contributed by atoms with Crippen LogP contribution in [0, 0.1) is 0 Å².